The zero-order chi connectivity index (χ0) is 20.4. The first-order chi connectivity index (χ1) is 14.0. The van der Waals surface area contributed by atoms with Gasteiger partial charge in [0, 0.05) is 32.8 Å². The number of carboxylic acids is 1. The third-order valence-corrected chi connectivity index (χ3v) is 5.90. The van der Waals surface area contributed by atoms with Crippen LogP contribution in [0.25, 0.3) is 0 Å². The molecule has 29 heavy (non-hydrogen) atoms. The van der Waals surface area contributed by atoms with Crippen LogP contribution in [0.1, 0.15) is 58.6 Å². The average molecular weight is 402 g/mol. The molecular weight excluding hydrogens is 376 g/mol. The Balaban J connectivity index is 1.54. The Labute approximate surface area is 168 Å². The number of carbonyl (C=O) groups excluding carboxylic acids is 1. The number of nitrogens with one attached hydrogen (secondary N) is 1. The lowest BCUT2D eigenvalue weighted by molar-refractivity contribution is 0.0152. The van der Waals surface area contributed by atoms with E-state index in [1.54, 1.807) is 0 Å². The van der Waals surface area contributed by atoms with E-state index in [2.05, 4.69) is 15.4 Å². The Bertz CT molecular complexity index is 912. The van der Waals surface area contributed by atoms with Crippen molar-refractivity contribution in [3.63, 3.8) is 0 Å². The monoisotopic (exact) mass is 402 g/mol. The van der Waals surface area contributed by atoms with E-state index in [0.29, 0.717) is 32.5 Å². The zero-order valence-electron chi connectivity index (χ0n) is 16.6. The molecule has 4 heterocycles. The van der Waals surface area contributed by atoms with Crippen LogP contribution in [0.3, 0.4) is 0 Å². The molecule has 2 aromatic heterocycles. The van der Waals surface area contributed by atoms with Gasteiger partial charge in [0.2, 0.25) is 0 Å². The minimum atomic E-state index is -1.14. The van der Waals surface area contributed by atoms with Crippen LogP contribution >= 0.6 is 0 Å². The summed E-state index contributed by atoms with van der Waals surface area (Å²) < 4.78 is 9.04. The van der Waals surface area contributed by atoms with Crippen LogP contribution < -0.4 is 5.32 Å². The molecule has 10 nitrogen and oxygen atoms in total. The molecule has 1 amide bonds. The summed E-state index contributed by atoms with van der Waals surface area (Å²) in [5.41, 5.74) is 2.58. The highest BCUT2D eigenvalue weighted by Gasteiger charge is 2.39. The van der Waals surface area contributed by atoms with Crippen molar-refractivity contribution in [2.75, 3.05) is 19.8 Å². The molecule has 1 saturated heterocycles. The van der Waals surface area contributed by atoms with Gasteiger partial charge in [0.05, 0.1) is 17.0 Å². The van der Waals surface area contributed by atoms with Crippen molar-refractivity contribution >= 4 is 11.9 Å². The zero-order valence-corrected chi connectivity index (χ0v) is 16.6. The molecule has 0 bridgehead atoms. The molecule has 10 heteroatoms. The molecule has 0 atom stereocenters. The van der Waals surface area contributed by atoms with Crippen LogP contribution in [0, 0.1) is 5.41 Å². The first kappa shape index (κ1) is 19.6. The molecule has 156 valence electrons. The van der Waals surface area contributed by atoms with Gasteiger partial charge in [0.25, 0.3) is 11.7 Å². The van der Waals surface area contributed by atoms with Gasteiger partial charge in [-0.05, 0) is 37.5 Å². The first-order valence-electron chi connectivity index (χ1n) is 10.1. The van der Waals surface area contributed by atoms with Gasteiger partial charge in [0.1, 0.15) is 6.33 Å². The lowest BCUT2D eigenvalue weighted by Crippen LogP contribution is -2.40. The Morgan fingerprint density at radius 3 is 2.79 bits per heavy atom. The van der Waals surface area contributed by atoms with Gasteiger partial charge >= 0.3 is 5.97 Å². The SMILES string of the molecule is CCc1nn(CCCn2cnc(C(=O)O)n2)c2c1C(=O)NCC1(CCOCC1)C2. The van der Waals surface area contributed by atoms with Gasteiger partial charge < -0.3 is 15.2 Å². The fourth-order valence-corrected chi connectivity index (χ4v) is 4.24. The van der Waals surface area contributed by atoms with E-state index in [-0.39, 0.29) is 17.1 Å². The van der Waals surface area contributed by atoms with E-state index in [0.717, 1.165) is 49.4 Å². The predicted molar refractivity (Wildman–Crippen MR) is 102 cm³/mol. The largest absolute Gasteiger partial charge is 0.475 e. The molecule has 1 spiro atoms. The number of nitrogens with zero attached hydrogens (tertiary/aromatic N) is 5. The first-order valence-corrected chi connectivity index (χ1v) is 10.1. The van der Waals surface area contributed by atoms with E-state index in [4.69, 9.17) is 14.9 Å². The maximum Gasteiger partial charge on any atom is 0.375 e. The second-order valence-corrected chi connectivity index (χ2v) is 7.81. The summed E-state index contributed by atoms with van der Waals surface area (Å²) >= 11 is 0. The lowest BCUT2D eigenvalue weighted by atomic mass is 9.76. The maximum absolute atomic E-state index is 12.8. The number of aromatic carboxylic acids is 1. The van der Waals surface area contributed by atoms with Crippen molar-refractivity contribution in [1.82, 2.24) is 29.9 Å². The highest BCUT2D eigenvalue weighted by molar-refractivity contribution is 5.97. The van der Waals surface area contributed by atoms with Crippen LogP contribution in [-0.4, -0.2) is 61.3 Å². The number of rotatable bonds is 6. The molecule has 0 aliphatic carbocycles. The van der Waals surface area contributed by atoms with Crippen LogP contribution in [0.4, 0.5) is 0 Å². The van der Waals surface area contributed by atoms with Crippen molar-refractivity contribution in [3.8, 4) is 0 Å². The minimum Gasteiger partial charge on any atom is -0.475 e. The van der Waals surface area contributed by atoms with Crippen LogP contribution in [0.15, 0.2) is 6.33 Å². The molecule has 0 unspecified atom stereocenters. The number of ether oxygens (including phenoxy) is 1. The third kappa shape index (κ3) is 3.89. The van der Waals surface area contributed by atoms with E-state index in [9.17, 15) is 9.59 Å². The smallest absolute Gasteiger partial charge is 0.375 e. The average Bonchev–Trinajstić information content (AvgIpc) is 3.29. The van der Waals surface area contributed by atoms with Crippen molar-refractivity contribution < 1.29 is 19.4 Å². The standard InChI is InChI=1S/C19H26N6O4/c1-2-13-15-14(10-19(11-20-17(15)26)4-8-29-9-5-19)25(22-13)7-3-6-24-12-21-16(23-24)18(27)28/h12H,2-11H2,1H3,(H,20,26)(H,27,28). The molecule has 0 saturated carbocycles. The van der Waals surface area contributed by atoms with Crippen molar-refractivity contribution in [2.24, 2.45) is 5.41 Å². The number of hydrogen-bond donors (Lipinski definition) is 2. The molecule has 0 aromatic carbocycles. The number of carboxylic acid groups (broad SMARTS) is 1. The predicted octanol–water partition coefficient (Wildman–Crippen LogP) is 0.908. The summed E-state index contributed by atoms with van der Waals surface area (Å²) in [5, 5.41) is 20.7. The highest BCUT2D eigenvalue weighted by atomic mass is 16.5. The normalized spacial score (nSPS) is 18.3. The molecule has 1 fully saturated rings. The topological polar surface area (TPSA) is 124 Å². The van der Waals surface area contributed by atoms with E-state index >= 15 is 0 Å². The van der Waals surface area contributed by atoms with Gasteiger partial charge in [-0.1, -0.05) is 6.92 Å². The van der Waals surface area contributed by atoms with Gasteiger partial charge in [-0.25, -0.2) is 9.78 Å². The Morgan fingerprint density at radius 2 is 2.10 bits per heavy atom. The lowest BCUT2D eigenvalue weighted by Gasteiger charge is -2.36. The molecule has 4 rings (SSSR count). The molecule has 2 aliphatic rings. The van der Waals surface area contributed by atoms with Crippen molar-refractivity contribution in [2.45, 2.75) is 52.1 Å². The van der Waals surface area contributed by atoms with Crippen LogP contribution in [0.5, 0.6) is 0 Å². The van der Waals surface area contributed by atoms with Crippen LogP contribution in [0.2, 0.25) is 0 Å². The fourth-order valence-electron chi connectivity index (χ4n) is 4.24. The molecule has 0 radical (unpaired) electrons. The van der Waals surface area contributed by atoms with Crippen molar-refractivity contribution in [3.05, 3.63) is 29.1 Å². The van der Waals surface area contributed by atoms with Gasteiger partial charge in [0.15, 0.2) is 0 Å². The molecular formula is C19H26N6O4. The summed E-state index contributed by atoms with van der Waals surface area (Å²) in [4.78, 5) is 27.5. The summed E-state index contributed by atoms with van der Waals surface area (Å²) in [6.07, 6.45) is 5.49. The number of fused-ring (bicyclic) bond motifs is 1. The number of aromatic nitrogens is 5. The third-order valence-electron chi connectivity index (χ3n) is 5.90. The van der Waals surface area contributed by atoms with Crippen LogP contribution in [-0.2, 0) is 30.7 Å². The quantitative estimate of drug-likeness (QED) is 0.736. The number of hydrogen-bond acceptors (Lipinski definition) is 6. The van der Waals surface area contributed by atoms with Gasteiger partial charge in [-0.15, -0.1) is 5.10 Å². The van der Waals surface area contributed by atoms with E-state index in [1.807, 2.05) is 11.6 Å². The minimum absolute atomic E-state index is 0.0181. The van der Waals surface area contributed by atoms with E-state index in [1.165, 1.54) is 11.0 Å². The summed E-state index contributed by atoms with van der Waals surface area (Å²) in [6.45, 7) is 5.28. The summed E-state index contributed by atoms with van der Waals surface area (Å²) in [6, 6.07) is 0. The summed E-state index contributed by atoms with van der Waals surface area (Å²) in [5.74, 6) is -1.38. The second kappa shape index (κ2) is 7.94. The Hall–Kier alpha value is -2.75. The van der Waals surface area contributed by atoms with Gasteiger partial charge in [-0.3, -0.25) is 14.2 Å². The van der Waals surface area contributed by atoms with E-state index < -0.39 is 5.97 Å². The number of carbonyl (C=O) groups is 2. The number of amides is 1. The van der Waals surface area contributed by atoms with Gasteiger partial charge in [-0.2, -0.15) is 5.10 Å². The number of aryl methyl sites for hydroxylation is 3. The molecule has 2 aliphatic heterocycles. The highest BCUT2D eigenvalue weighted by Crippen LogP contribution is 2.37. The molecule has 2 N–H and O–H groups in total. The summed E-state index contributed by atoms with van der Waals surface area (Å²) in [7, 11) is 0. The van der Waals surface area contributed by atoms with Crippen molar-refractivity contribution in [1.29, 1.82) is 0 Å². The molecule has 2 aromatic rings. The Kier molecular flexibility index (Phi) is 5.35. The fraction of sp³-hybridized carbons (Fsp3) is 0.632. The Morgan fingerprint density at radius 1 is 1.31 bits per heavy atom. The maximum atomic E-state index is 12.8. The second-order valence-electron chi connectivity index (χ2n) is 7.81.